The van der Waals surface area contributed by atoms with Gasteiger partial charge in [0, 0.05) is 34.3 Å². The normalized spacial score (nSPS) is 10.9. The number of rotatable bonds is 6. The van der Waals surface area contributed by atoms with Crippen LogP contribution in [0.15, 0.2) is 60.7 Å². The van der Waals surface area contributed by atoms with Crippen LogP contribution in [-0.4, -0.2) is 27.1 Å². The Balaban J connectivity index is 1.56. The second-order valence-corrected chi connectivity index (χ2v) is 7.11. The summed E-state index contributed by atoms with van der Waals surface area (Å²) < 4.78 is 7.25. The van der Waals surface area contributed by atoms with Gasteiger partial charge in [0.15, 0.2) is 5.65 Å². The number of aromatic nitrogens is 3. The zero-order valence-corrected chi connectivity index (χ0v) is 17.3. The number of fused-ring (bicyclic) bond motifs is 1. The van der Waals surface area contributed by atoms with Crippen molar-refractivity contribution < 1.29 is 9.53 Å². The molecule has 6 nitrogen and oxygen atoms in total. The van der Waals surface area contributed by atoms with E-state index in [1.165, 1.54) is 0 Å². The van der Waals surface area contributed by atoms with Crippen LogP contribution in [0.3, 0.4) is 0 Å². The Morgan fingerprint density at radius 3 is 2.50 bits per heavy atom. The van der Waals surface area contributed by atoms with E-state index in [9.17, 15) is 4.79 Å². The number of benzene rings is 2. The summed E-state index contributed by atoms with van der Waals surface area (Å²) in [6, 6.07) is 19.3. The molecule has 2 heterocycles. The first-order chi connectivity index (χ1) is 14.5. The average molecular weight is 400 g/mol. The molecule has 0 saturated heterocycles. The first-order valence-electron chi connectivity index (χ1n) is 9.99. The van der Waals surface area contributed by atoms with E-state index in [2.05, 4.69) is 10.3 Å². The lowest BCUT2D eigenvalue weighted by Gasteiger charge is -2.11. The number of amides is 1. The number of carbonyl (C=O) groups is 1. The molecular formula is C24H24N4O2. The van der Waals surface area contributed by atoms with E-state index < -0.39 is 0 Å². The zero-order chi connectivity index (χ0) is 21.1. The van der Waals surface area contributed by atoms with Crippen LogP contribution in [0, 0.1) is 13.8 Å². The Bertz CT molecular complexity index is 1180. The molecule has 4 rings (SSSR count). The predicted octanol–water partition coefficient (Wildman–Crippen LogP) is 4.59. The lowest BCUT2D eigenvalue weighted by molar-refractivity contribution is -0.115. The smallest absolute Gasteiger partial charge is 0.228 e. The maximum absolute atomic E-state index is 12.7. The van der Waals surface area contributed by atoms with Crippen LogP contribution in [0.2, 0.25) is 0 Å². The minimum Gasteiger partial charge on any atom is -0.494 e. The van der Waals surface area contributed by atoms with Crippen molar-refractivity contribution in [2.75, 3.05) is 11.9 Å². The Morgan fingerprint density at radius 1 is 1.07 bits per heavy atom. The highest BCUT2D eigenvalue weighted by Crippen LogP contribution is 2.22. The van der Waals surface area contributed by atoms with Crippen molar-refractivity contribution >= 4 is 17.2 Å². The highest BCUT2D eigenvalue weighted by molar-refractivity contribution is 5.92. The second-order valence-electron chi connectivity index (χ2n) is 7.11. The molecule has 0 bridgehead atoms. The molecule has 0 aliphatic heterocycles. The van der Waals surface area contributed by atoms with Crippen molar-refractivity contribution in [1.29, 1.82) is 0 Å². The molecule has 0 aliphatic rings. The monoisotopic (exact) mass is 400 g/mol. The molecule has 0 spiro atoms. The molecule has 0 radical (unpaired) electrons. The van der Waals surface area contributed by atoms with Crippen molar-refractivity contribution in [3.05, 3.63) is 77.6 Å². The number of anilines is 1. The van der Waals surface area contributed by atoms with Gasteiger partial charge >= 0.3 is 0 Å². The Morgan fingerprint density at radius 2 is 1.80 bits per heavy atom. The van der Waals surface area contributed by atoms with Crippen LogP contribution in [-0.2, 0) is 11.2 Å². The molecule has 0 unspecified atom stereocenters. The van der Waals surface area contributed by atoms with Gasteiger partial charge in [0.2, 0.25) is 5.91 Å². The average Bonchev–Trinajstić information content (AvgIpc) is 3.17. The lowest BCUT2D eigenvalue weighted by atomic mass is 10.1. The highest BCUT2D eigenvalue weighted by atomic mass is 16.5. The molecule has 4 aromatic rings. The van der Waals surface area contributed by atoms with Gasteiger partial charge in [0.25, 0.3) is 0 Å². The lowest BCUT2D eigenvalue weighted by Crippen LogP contribution is -2.17. The molecule has 0 atom stereocenters. The van der Waals surface area contributed by atoms with Crippen LogP contribution in [0.4, 0.5) is 5.69 Å². The van der Waals surface area contributed by atoms with Crippen molar-refractivity contribution in [2.45, 2.75) is 27.2 Å². The van der Waals surface area contributed by atoms with Crippen LogP contribution < -0.4 is 10.1 Å². The first kappa shape index (κ1) is 19.6. The van der Waals surface area contributed by atoms with E-state index in [1.54, 1.807) is 0 Å². The number of aryl methyl sites for hydroxylation is 2. The summed E-state index contributed by atoms with van der Waals surface area (Å²) in [5.74, 6) is 0.687. The number of hydrogen-bond acceptors (Lipinski definition) is 4. The van der Waals surface area contributed by atoms with Gasteiger partial charge in [-0.1, -0.05) is 30.3 Å². The van der Waals surface area contributed by atoms with E-state index >= 15 is 0 Å². The van der Waals surface area contributed by atoms with Gasteiger partial charge < -0.3 is 10.1 Å². The number of nitrogens with one attached hydrogen (secondary N) is 1. The Hall–Kier alpha value is -3.67. The number of ether oxygens (including phenoxy) is 1. The Kier molecular flexibility index (Phi) is 5.48. The molecule has 2 aromatic heterocycles. The minimum atomic E-state index is -0.0954. The molecular weight excluding hydrogens is 376 g/mol. The highest BCUT2D eigenvalue weighted by Gasteiger charge is 2.16. The van der Waals surface area contributed by atoms with Gasteiger partial charge in [0.05, 0.1) is 18.7 Å². The first-order valence-corrected chi connectivity index (χ1v) is 9.99. The summed E-state index contributed by atoms with van der Waals surface area (Å²) in [6.07, 6.45) is 0.231. The summed E-state index contributed by atoms with van der Waals surface area (Å²) in [6.45, 7) is 6.46. The quantitative estimate of drug-likeness (QED) is 0.514. The van der Waals surface area contributed by atoms with E-state index in [4.69, 9.17) is 9.84 Å². The minimum absolute atomic E-state index is 0.0954. The predicted molar refractivity (Wildman–Crippen MR) is 118 cm³/mol. The van der Waals surface area contributed by atoms with E-state index in [0.29, 0.717) is 6.61 Å². The summed E-state index contributed by atoms with van der Waals surface area (Å²) in [4.78, 5) is 17.3. The van der Waals surface area contributed by atoms with Crippen molar-refractivity contribution in [1.82, 2.24) is 14.6 Å². The SMILES string of the molecule is CCOc1ccc(NC(=O)Cc2c(C)nc3cc(-c4ccccc4)nn3c2C)cc1. The van der Waals surface area contributed by atoms with E-state index in [1.807, 2.05) is 86.0 Å². The molecule has 0 saturated carbocycles. The van der Waals surface area contributed by atoms with Crippen LogP contribution in [0.5, 0.6) is 5.75 Å². The fraction of sp³-hybridized carbons (Fsp3) is 0.208. The molecule has 1 amide bonds. The fourth-order valence-electron chi connectivity index (χ4n) is 3.50. The molecule has 30 heavy (non-hydrogen) atoms. The summed E-state index contributed by atoms with van der Waals surface area (Å²) >= 11 is 0. The van der Waals surface area contributed by atoms with Gasteiger partial charge in [-0.05, 0) is 45.0 Å². The molecule has 0 fully saturated rings. The third-order valence-corrected chi connectivity index (χ3v) is 5.02. The molecule has 6 heteroatoms. The van der Waals surface area contributed by atoms with Gasteiger partial charge in [-0.3, -0.25) is 4.79 Å². The number of nitrogens with zero attached hydrogens (tertiary/aromatic N) is 3. The molecule has 152 valence electrons. The second kappa shape index (κ2) is 8.37. The van der Waals surface area contributed by atoms with Crippen molar-refractivity contribution in [2.24, 2.45) is 0 Å². The Labute approximate surface area is 175 Å². The van der Waals surface area contributed by atoms with Gasteiger partial charge in [-0.15, -0.1) is 0 Å². The zero-order valence-electron chi connectivity index (χ0n) is 17.3. The van der Waals surface area contributed by atoms with Crippen molar-refractivity contribution in [3.63, 3.8) is 0 Å². The molecule has 2 aromatic carbocycles. The van der Waals surface area contributed by atoms with E-state index in [0.717, 1.165) is 45.3 Å². The number of carbonyl (C=O) groups excluding carboxylic acids is 1. The maximum atomic E-state index is 12.7. The van der Waals surface area contributed by atoms with Crippen molar-refractivity contribution in [3.8, 4) is 17.0 Å². The summed E-state index contributed by atoms with van der Waals surface area (Å²) in [5, 5.41) is 7.65. The fourth-order valence-corrected chi connectivity index (χ4v) is 3.50. The third kappa shape index (κ3) is 4.03. The van der Waals surface area contributed by atoms with Crippen LogP contribution >= 0.6 is 0 Å². The standard InChI is InChI=1S/C24H24N4O2/c1-4-30-20-12-10-19(11-13-20)26-24(29)14-21-16(2)25-23-15-22(27-28(23)17(21)3)18-8-6-5-7-9-18/h5-13,15H,4,14H2,1-3H3,(H,26,29). The van der Waals surface area contributed by atoms with Gasteiger partial charge in [-0.25, -0.2) is 9.50 Å². The number of hydrogen-bond donors (Lipinski definition) is 1. The third-order valence-electron chi connectivity index (χ3n) is 5.02. The largest absolute Gasteiger partial charge is 0.494 e. The molecule has 0 aliphatic carbocycles. The van der Waals surface area contributed by atoms with Crippen LogP contribution in [0.25, 0.3) is 16.9 Å². The van der Waals surface area contributed by atoms with E-state index in [-0.39, 0.29) is 12.3 Å². The van der Waals surface area contributed by atoms with Crippen LogP contribution in [0.1, 0.15) is 23.9 Å². The topological polar surface area (TPSA) is 68.5 Å². The van der Waals surface area contributed by atoms with Gasteiger partial charge in [0.1, 0.15) is 5.75 Å². The van der Waals surface area contributed by atoms with Gasteiger partial charge in [-0.2, -0.15) is 5.10 Å². The molecule has 1 N–H and O–H groups in total. The summed E-state index contributed by atoms with van der Waals surface area (Å²) in [5.41, 5.74) is 6.05. The summed E-state index contributed by atoms with van der Waals surface area (Å²) in [7, 11) is 0. The maximum Gasteiger partial charge on any atom is 0.228 e.